The van der Waals surface area contributed by atoms with E-state index in [1.807, 2.05) is 12.1 Å². The van der Waals surface area contributed by atoms with Crippen LogP contribution in [-0.4, -0.2) is 6.04 Å². The summed E-state index contributed by atoms with van der Waals surface area (Å²) in [5.74, 6) is 0.427. The number of nitrogens with one attached hydrogen (secondary N) is 1. The zero-order chi connectivity index (χ0) is 13.9. The summed E-state index contributed by atoms with van der Waals surface area (Å²) in [7, 11) is 0. The van der Waals surface area contributed by atoms with Crippen molar-refractivity contribution in [1.29, 1.82) is 0 Å². The summed E-state index contributed by atoms with van der Waals surface area (Å²) in [5.41, 5.74) is 2.56. The van der Waals surface area contributed by atoms with E-state index >= 15 is 0 Å². The van der Waals surface area contributed by atoms with Crippen LogP contribution >= 0.6 is 15.9 Å². The van der Waals surface area contributed by atoms with E-state index in [0.29, 0.717) is 12.0 Å². The lowest BCUT2D eigenvalue weighted by molar-refractivity contribution is 0.289. The van der Waals surface area contributed by atoms with Gasteiger partial charge < -0.3 is 5.32 Å². The fourth-order valence-corrected chi connectivity index (χ4v) is 2.92. The fraction of sp³-hybridized carbons (Fsp3) is 0.294. The third kappa shape index (κ3) is 3.28. The maximum atomic E-state index is 12.9. The molecule has 3 rings (SSSR count). The van der Waals surface area contributed by atoms with Gasteiger partial charge in [0.05, 0.1) is 0 Å². The molecule has 1 aliphatic carbocycles. The van der Waals surface area contributed by atoms with Crippen molar-refractivity contribution >= 4 is 15.9 Å². The maximum absolute atomic E-state index is 12.9. The zero-order valence-electron chi connectivity index (χ0n) is 11.2. The second kappa shape index (κ2) is 6.06. The quantitative estimate of drug-likeness (QED) is 0.860. The molecule has 2 aromatic rings. The van der Waals surface area contributed by atoms with Crippen LogP contribution in [0.4, 0.5) is 4.39 Å². The van der Waals surface area contributed by atoms with Crippen LogP contribution in [0.3, 0.4) is 0 Å². The average molecular weight is 334 g/mol. The molecule has 1 nitrogen and oxygen atoms in total. The van der Waals surface area contributed by atoms with E-state index in [-0.39, 0.29) is 5.82 Å². The minimum Gasteiger partial charge on any atom is -0.310 e. The summed E-state index contributed by atoms with van der Waals surface area (Å²) in [6.45, 7) is 0.911. The Kier molecular flexibility index (Phi) is 4.18. The van der Waals surface area contributed by atoms with Crippen LogP contribution in [0.1, 0.15) is 29.9 Å². The molecule has 0 atom stereocenters. The number of rotatable bonds is 4. The molecule has 0 amide bonds. The van der Waals surface area contributed by atoms with Crippen molar-refractivity contribution in [1.82, 2.24) is 5.32 Å². The third-order valence-electron chi connectivity index (χ3n) is 3.99. The first-order valence-electron chi connectivity index (χ1n) is 6.94. The molecule has 1 saturated carbocycles. The van der Waals surface area contributed by atoms with E-state index in [0.717, 1.165) is 23.9 Å². The summed E-state index contributed by atoms with van der Waals surface area (Å²) in [5, 5.41) is 3.58. The van der Waals surface area contributed by atoms with Gasteiger partial charge >= 0.3 is 0 Å². The largest absolute Gasteiger partial charge is 0.310 e. The Hall–Kier alpha value is -1.19. The minimum absolute atomic E-state index is 0.155. The van der Waals surface area contributed by atoms with Crippen LogP contribution < -0.4 is 5.32 Å². The number of benzene rings is 2. The molecule has 0 spiro atoms. The highest BCUT2D eigenvalue weighted by Crippen LogP contribution is 2.36. The van der Waals surface area contributed by atoms with E-state index in [9.17, 15) is 4.39 Å². The molecule has 0 radical (unpaired) electrons. The Bertz CT molecular complexity index is 556. The van der Waals surface area contributed by atoms with Crippen molar-refractivity contribution in [3.05, 3.63) is 69.9 Å². The first kappa shape index (κ1) is 13.8. The third-order valence-corrected chi connectivity index (χ3v) is 4.52. The first-order valence-corrected chi connectivity index (χ1v) is 7.73. The van der Waals surface area contributed by atoms with Crippen molar-refractivity contribution in [2.45, 2.75) is 31.3 Å². The van der Waals surface area contributed by atoms with Gasteiger partial charge in [0.25, 0.3) is 0 Å². The molecule has 1 aliphatic rings. The first-order chi connectivity index (χ1) is 9.70. The molecule has 104 valence electrons. The standard InChI is InChI=1S/C17H17BrFN/c18-15-5-1-12(2-6-15)11-20-17-9-14(10-17)13-3-7-16(19)8-4-13/h1-8,14,17,20H,9-11H2. The Balaban J connectivity index is 1.46. The van der Waals surface area contributed by atoms with Crippen molar-refractivity contribution in [2.24, 2.45) is 0 Å². The van der Waals surface area contributed by atoms with Crippen LogP contribution in [0.2, 0.25) is 0 Å². The molecule has 0 aromatic heterocycles. The predicted molar refractivity (Wildman–Crippen MR) is 83.1 cm³/mol. The van der Waals surface area contributed by atoms with Crippen LogP contribution in [0.25, 0.3) is 0 Å². The van der Waals surface area contributed by atoms with E-state index < -0.39 is 0 Å². The maximum Gasteiger partial charge on any atom is 0.123 e. The summed E-state index contributed by atoms with van der Waals surface area (Å²) in [6, 6.07) is 15.9. The highest BCUT2D eigenvalue weighted by Gasteiger charge is 2.29. The van der Waals surface area contributed by atoms with Gasteiger partial charge in [-0.15, -0.1) is 0 Å². The molecule has 0 aliphatic heterocycles. The zero-order valence-corrected chi connectivity index (χ0v) is 12.7. The molecule has 0 heterocycles. The summed E-state index contributed by atoms with van der Waals surface area (Å²) in [4.78, 5) is 0. The van der Waals surface area contributed by atoms with Crippen LogP contribution in [0.5, 0.6) is 0 Å². The van der Waals surface area contributed by atoms with E-state index in [1.54, 1.807) is 12.1 Å². The monoisotopic (exact) mass is 333 g/mol. The fourth-order valence-electron chi connectivity index (χ4n) is 2.66. The van der Waals surface area contributed by atoms with Crippen LogP contribution in [0.15, 0.2) is 53.0 Å². The van der Waals surface area contributed by atoms with E-state index in [1.165, 1.54) is 11.1 Å². The van der Waals surface area contributed by atoms with Gasteiger partial charge in [0.15, 0.2) is 0 Å². The van der Waals surface area contributed by atoms with Gasteiger partial charge in [0, 0.05) is 17.1 Å². The van der Waals surface area contributed by atoms with Crippen molar-refractivity contribution in [3.8, 4) is 0 Å². The minimum atomic E-state index is -0.155. The Morgan fingerprint density at radius 1 is 1.00 bits per heavy atom. The molecule has 3 heteroatoms. The molecular weight excluding hydrogens is 317 g/mol. The predicted octanol–water partition coefficient (Wildman–Crippen LogP) is 4.62. The van der Waals surface area contributed by atoms with Gasteiger partial charge in [-0.05, 0) is 54.2 Å². The Morgan fingerprint density at radius 2 is 1.65 bits per heavy atom. The molecule has 2 aromatic carbocycles. The summed E-state index contributed by atoms with van der Waals surface area (Å²) >= 11 is 3.44. The SMILES string of the molecule is Fc1ccc(C2CC(NCc3ccc(Br)cc3)C2)cc1. The van der Waals surface area contributed by atoms with Gasteiger partial charge in [-0.3, -0.25) is 0 Å². The van der Waals surface area contributed by atoms with Crippen molar-refractivity contribution in [3.63, 3.8) is 0 Å². The van der Waals surface area contributed by atoms with Gasteiger partial charge in [0.1, 0.15) is 5.82 Å². The van der Waals surface area contributed by atoms with E-state index in [2.05, 4.69) is 45.5 Å². The normalized spacial score (nSPS) is 21.5. The van der Waals surface area contributed by atoms with Gasteiger partial charge in [-0.25, -0.2) is 4.39 Å². The van der Waals surface area contributed by atoms with Gasteiger partial charge in [-0.1, -0.05) is 40.2 Å². The van der Waals surface area contributed by atoms with Crippen LogP contribution in [0, 0.1) is 5.82 Å². The lowest BCUT2D eigenvalue weighted by Crippen LogP contribution is -2.39. The van der Waals surface area contributed by atoms with E-state index in [4.69, 9.17) is 0 Å². The van der Waals surface area contributed by atoms with Gasteiger partial charge in [-0.2, -0.15) is 0 Å². The molecule has 0 unspecified atom stereocenters. The second-order valence-corrected chi connectivity index (χ2v) is 6.34. The highest BCUT2D eigenvalue weighted by molar-refractivity contribution is 9.10. The molecular formula is C17H17BrFN. The lowest BCUT2D eigenvalue weighted by atomic mass is 9.76. The van der Waals surface area contributed by atoms with Crippen LogP contribution in [-0.2, 0) is 6.54 Å². The van der Waals surface area contributed by atoms with Gasteiger partial charge in [0.2, 0.25) is 0 Å². The number of hydrogen-bond acceptors (Lipinski definition) is 1. The van der Waals surface area contributed by atoms with Crippen molar-refractivity contribution in [2.75, 3.05) is 0 Å². The topological polar surface area (TPSA) is 12.0 Å². The number of halogens is 2. The average Bonchev–Trinajstić information content (AvgIpc) is 2.41. The number of hydrogen-bond donors (Lipinski definition) is 1. The summed E-state index contributed by atoms with van der Waals surface area (Å²) < 4.78 is 14.0. The van der Waals surface area contributed by atoms with Crippen molar-refractivity contribution < 1.29 is 4.39 Å². The second-order valence-electron chi connectivity index (χ2n) is 5.42. The molecule has 20 heavy (non-hydrogen) atoms. The Morgan fingerprint density at radius 3 is 2.30 bits per heavy atom. The Labute approximate surface area is 127 Å². The smallest absolute Gasteiger partial charge is 0.123 e. The summed E-state index contributed by atoms with van der Waals surface area (Å²) in [6.07, 6.45) is 2.28. The molecule has 0 saturated heterocycles. The lowest BCUT2D eigenvalue weighted by Gasteiger charge is -2.36. The highest BCUT2D eigenvalue weighted by atomic mass is 79.9. The molecule has 1 N–H and O–H groups in total. The molecule has 0 bridgehead atoms. The molecule has 1 fully saturated rings.